The third-order valence-corrected chi connectivity index (χ3v) is 1.72. The van der Waals surface area contributed by atoms with Gasteiger partial charge in [0.2, 0.25) is 5.91 Å². The molecule has 0 saturated carbocycles. The second-order valence-electron chi connectivity index (χ2n) is 3.14. The number of hydrogen-bond donors (Lipinski definition) is 1. The molecule has 5 heteroatoms. The van der Waals surface area contributed by atoms with Gasteiger partial charge in [-0.25, -0.2) is 9.97 Å². The molecular formula is C9H14N4O. The molecular weight excluding hydrogens is 180 g/mol. The van der Waals surface area contributed by atoms with Crippen LogP contribution in [0.1, 0.15) is 5.56 Å². The Morgan fingerprint density at radius 3 is 2.64 bits per heavy atom. The van der Waals surface area contributed by atoms with Crippen molar-refractivity contribution < 1.29 is 4.79 Å². The van der Waals surface area contributed by atoms with E-state index in [-0.39, 0.29) is 5.91 Å². The van der Waals surface area contributed by atoms with Crippen molar-refractivity contribution in [3.05, 3.63) is 24.3 Å². The van der Waals surface area contributed by atoms with E-state index in [1.807, 2.05) is 0 Å². The maximum atomic E-state index is 11.2. The number of aromatic nitrogens is 2. The molecule has 1 heterocycles. The summed E-state index contributed by atoms with van der Waals surface area (Å²) in [5.41, 5.74) is 0.971. The summed E-state index contributed by atoms with van der Waals surface area (Å²) < 4.78 is 0. The summed E-state index contributed by atoms with van der Waals surface area (Å²) in [4.78, 5) is 20.5. The van der Waals surface area contributed by atoms with Crippen LogP contribution in [0.5, 0.6) is 0 Å². The number of rotatable bonds is 4. The molecule has 0 fully saturated rings. The minimum absolute atomic E-state index is 0.0573. The van der Waals surface area contributed by atoms with E-state index in [0.717, 1.165) is 5.56 Å². The van der Waals surface area contributed by atoms with E-state index in [2.05, 4.69) is 15.3 Å². The molecule has 0 aliphatic carbocycles. The van der Waals surface area contributed by atoms with E-state index in [1.54, 1.807) is 31.4 Å². The Kier molecular flexibility index (Phi) is 4.00. The molecule has 14 heavy (non-hydrogen) atoms. The van der Waals surface area contributed by atoms with Crippen molar-refractivity contribution in [2.24, 2.45) is 0 Å². The van der Waals surface area contributed by atoms with E-state index >= 15 is 0 Å². The Morgan fingerprint density at radius 2 is 2.07 bits per heavy atom. The first-order valence-corrected chi connectivity index (χ1v) is 4.35. The molecule has 0 aliphatic heterocycles. The van der Waals surface area contributed by atoms with Gasteiger partial charge in [-0.1, -0.05) is 0 Å². The fourth-order valence-electron chi connectivity index (χ4n) is 0.893. The van der Waals surface area contributed by atoms with Crippen molar-refractivity contribution >= 4 is 5.91 Å². The normalized spacial score (nSPS) is 9.86. The molecule has 0 spiro atoms. The molecule has 1 amide bonds. The molecule has 0 saturated heterocycles. The maximum Gasteiger partial charge on any atom is 0.236 e. The van der Waals surface area contributed by atoms with E-state index < -0.39 is 0 Å². The van der Waals surface area contributed by atoms with Crippen molar-refractivity contribution in [2.75, 3.05) is 20.6 Å². The van der Waals surface area contributed by atoms with Gasteiger partial charge in [0.05, 0.1) is 6.54 Å². The van der Waals surface area contributed by atoms with Gasteiger partial charge >= 0.3 is 0 Å². The van der Waals surface area contributed by atoms with Crippen LogP contribution in [0.3, 0.4) is 0 Å². The third-order valence-electron chi connectivity index (χ3n) is 1.72. The van der Waals surface area contributed by atoms with E-state index in [1.165, 1.54) is 6.33 Å². The lowest BCUT2D eigenvalue weighted by molar-refractivity contribution is -0.127. The van der Waals surface area contributed by atoms with Crippen molar-refractivity contribution in [1.82, 2.24) is 20.2 Å². The average molecular weight is 194 g/mol. The summed E-state index contributed by atoms with van der Waals surface area (Å²) >= 11 is 0. The largest absolute Gasteiger partial charge is 0.348 e. The molecule has 5 nitrogen and oxygen atoms in total. The van der Waals surface area contributed by atoms with Gasteiger partial charge in [0, 0.05) is 38.6 Å². The number of carbonyl (C=O) groups excluding carboxylic acids is 1. The molecule has 1 N–H and O–H groups in total. The highest BCUT2D eigenvalue weighted by Gasteiger charge is 2.02. The Bertz CT molecular complexity index is 286. The molecule has 0 bridgehead atoms. The number of nitrogens with one attached hydrogen (secondary N) is 1. The number of nitrogens with zero attached hydrogens (tertiary/aromatic N) is 3. The van der Waals surface area contributed by atoms with Crippen LogP contribution < -0.4 is 5.32 Å². The number of carbonyl (C=O) groups is 1. The van der Waals surface area contributed by atoms with Crippen molar-refractivity contribution in [3.63, 3.8) is 0 Å². The fraction of sp³-hybridized carbons (Fsp3) is 0.444. The molecule has 1 aromatic heterocycles. The third kappa shape index (κ3) is 3.49. The molecule has 0 unspecified atom stereocenters. The van der Waals surface area contributed by atoms with Gasteiger partial charge in [-0.3, -0.25) is 4.79 Å². The number of hydrogen-bond acceptors (Lipinski definition) is 4. The van der Waals surface area contributed by atoms with Gasteiger partial charge in [0.15, 0.2) is 0 Å². The lowest BCUT2D eigenvalue weighted by Gasteiger charge is -2.10. The van der Waals surface area contributed by atoms with Gasteiger partial charge in [-0.15, -0.1) is 0 Å². The van der Waals surface area contributed by atoms with E-state index in [9.17, 15) is 4.79 Å². The minimum Gasteiger partial charge on any atom is -0.348 e. The van der Waals surface area contributed by atoms with Crippen molar-refractivity contribution in [2.45, 2.75) is 6.54 Å². The summed E-state index contributed by atoms with van der Waals surface area (Å²) in [6.07, 6.45) is 4.93. The molecule has 76 valence electrons. The van der Waals surface area contributed by atoms with Crippen LogP contribution in [0.15, 0.2) is 18.7 Å². The average Bonchev–Trinajstić information content (AvgIpc) is 2.19. The summed E-state index contributed by atoms with van der Waals surface area (Å²) in [5, 5.41) is 3.01. The first-order chi connectivity index (χ1) is 6.70. The second-order valence-corrected chi connectivity index (χ2v) is 3.14. The minimum atomic E-state index is 0.0573. The summed E-state index contributed by atoms with van der Waals surface area (Å²) in [6.45, 7) is 0.947. The quantitative estimate of drug-likeness (QED) is 0.712. The number of likely N-dealkylation sites (N-methyl/N-ethyl adjacent to an activating group) is 1. The van der Waals surface area contributed by atoms with Gasteiger partial charge in [-0.2, -0.15) is 0 Å². The standard InChI is InChI=1S/C9H14N4O/c1-13(2)9(14)6-10-3-8-4-11-7-12-5-8/h4-5,7,10H,3,6H2,1-2H3. The van der Waals surface area contributed by atoms with Crippen LogP contribution in [-0.4, -0.2) is 41.4 Å². The lowest BCUT2D eigenvalue weighted by atomic mass is 10.3. The molecule has 1 aromatic rings. The predicted molar refractivity (Wildman–Crippen MR) is 52.4 cm³/mol. The topological polar surface area (TPSA) is 58.1 Å². The predicted octanol–water partition coefficient (Wildman–Crippen LogP) is -0.346. The molecule has 0 aromatic carbocycles. The Labute approximate surface area is 83.2 Å². The maximum absolute atomic E-state index is 11.2. The number of amides is 1. The van der Waals surface area contributed by atoms with Gasteiger partial charge < -0.3 is 10.2 Å². The Balaban J connectivity index is 2.26. The van der Waals surface area contributed by atoms with Crippen LogP contribution >= 0.6 is 0 Å². The van der Waals surface area contributed by atoms with Crippen LogP contribution in [0.2, 0.25) is 0 Å². The zero-order valence-corrected chi connectivity index (χ0v) is 8.40. The first kappa shape index (κ1) is 10.6. The highest BCUT2D eigenvalue weighted by atomic mass is 16.2. The van der Waals surface area contributed by atoms with Gasteiger partial charge in [0.1, 0.15) is 6.33 Å². The Hall–Kier alpha value is -1.49. The van der Waals surface area contributed by atoms with Crippen LogP contribution in [0, 0.1) is 0 Å². The summed E-state index contributed by atoms with van der Waals surface area (Å²) in [5.74, 6) is 0.0573. The van der Waals surface area contributed by atoms with Crippen LogP contribution in [0.4, 0.5) is 0 Å². The second kappa shape index (κ2) is 5.29. The van der Waals surface area contributed by atoms with E-state index in [0.29, 0.717) is 13.1 Å². The van der Waals surface area contributed by atoms with Crippen molar-refractivity contribution in [3.8, 4) is 0 Å². The zero-order valence-electron chi connectivity index (χ0n) is 8.40. The van der Waals surface area contributed by atoms with Gasteiger partial charge in [-0.05, 0) is 0 Å². The molecule has 0 radical (unpaired) electrons. The molecule has 0 atom stereocenters. The monoisotopic (exact) mass is 194 g/mol. The summed E-state index contributed by atoms with van der Waals surface area (Å²) in [7, 11) is 3.46. The molecule has 1 rings (SSSR count). The van der Waals surface area contributed by atoms with Gasteiger partial charge in [0.25, 0.3) is 0 Å². The van der Waals surface area contributed by atoms with Crippen molar-refractivity contribution in [1.29, 1.82) is 0 Å². The lowest BCUT2D eigenvalue weighted by Crippen LogP contribution is -2.32. The fourth-order valence-corrected chi connectivity index (χ4v) is 0.893. The Morgan fingerprint density at radius 1 is 1.43 bits per heavy atom. The molecule has 0 aliphatic rings. The smallest absolute Gasteiger partial charge is 0.236 e. The first-order valence-electron chi connectivity index (χ1n) is 4.35. The summed E-state index contributed by atoms with van der Waals surface area (Å²) in [6, 6.07) is 0. The van der Waals surface area contributed by atoms with E-state index in [4.69, 9.17) is 0 Å². The zero-order chi connectivity index (χ0) is 10.4. The highest BCUT2D eigenvalue weighted by Crippen LogP contribution is 1.90. The van der Waals surface area contributed by atoms with Crippen LogP contribution in [0.25, 0.3) is 0 Å². The SMILES string of the molecule is CN(C)C(=O)CNCc1cncnc1. The van der Waals surface area contributed by atoms with Crippen LogP contribution in [-0.2, 0) is 11.3 Å². The highest BCUT2D eigenvalue weighted by molar-refractivity contribution is 5.77.